The second-order valence-corrected chi connectivity index (χ2v) is 3.50. The Labute approximate surface area is 101 Å². The fraction of sp³-hybridized carbons (Fsp3) is 0.800. The smallest absolute Gasteiger partial charge is 0.328 e. The molecule has 0 bridgehead atoms. The molecule has 0 heterocycles. The van der Waals surface area contributed by atoms with E-state index in [0.29, 0.717) is 13.1 Å². The van der Waals surface area contributed by atoms with Crippen LogP contribution in [0.25, 0.3) is 0 Å². The van der Waals surface area contributed by atoms with Crippen LogP contribution in [0.15, 0.2) is 0 Å². The molecular formula is C10H21N3O4. The zero-order valence-electron chi connectivity index (χ0n) is 10.3. The third-order valence-electron chi connectivity index (χ3n) is 2.39. The highest BCUT2D eigenvalue weighted by Crippen LogP contribution is 1.85. The molecule has 7 heteroatoms. The number of amides is 2. The summed E-state index contributed by atoms with van der Waals surface area (Å²) >= 11 is 0. The van der Waals surface area contributed by atoms with Gasteiger partial charge in [0.1, 0.15) is 0 Å². The average molecular weight is 247 g/mol. The van der Waals surface area contributed by atoms with Gasteiger partial charge in [-0.1, -0.05) is 13.8 Å². The molecule has 7 nitrogen and oxygen atoms in total. The van der Waals surface area contributed by atoms with Gasteiger partial charge in [-0.15, -0.1) is 0 Å². The topological polar surface area (TPSA) is 102 Å². The lowest BCUT2D eigenvalue weighted by molar-refractivity contribution is -0.140. The summed E-state index contributed by atoms with van der Waals surface area (Å²) in [7, 11) is 0. The highest BCUT2D eigenvalue weighted by Gasteiger charge is 2.18. The largest absolute Gasteiger partial charge is 0.480 e. The molecule has 0 spiro atoms. The van der Waals surface area contributed by atoms with Crippen LogP contribution in [-0.2, 0) is 4.79 Å². The van der Waals surface area contributed by atoms with Crippen molar-refractivity contribution in [2.45, 2.75) is 19.9 Å². The van der Waals surface area contributed by atoms with Crippen LogP contribution in [0.3, 0.4) is 0 Å². The summed E-state index contributed by atoms with van der Waals surface area (Å²) in [5, 5.41) is 22.0. The molecule has 17 heavy (non-hydrogen) atoms. The van der Waals surface area contributed by atoms with Crippen LogP contribution >= 0.6 is 0 Å². The van der Waals surface area contributed by atoms with Gasteiger partial charge in [0.2, 0.25) is 0 Å². The second-order valence-electron chi connectivity index (χ2n) is 3.50. The number of carbonyl (C=O) groups excluding carboxylic acids is 1. The molecule has 0 saturated heterocycles. The third-order valence-corrected chi connectivity index (χ3v) is 2.39. The van der Waals surface area contributed by atoms with E-state index in [-0.39, 0.29) is 0 Å². The van der Waals surface area contributed by atoms with Crippen molar-refractivity contribution in [3.8, 4) is 0 Å². The Kier molecular flexibility index (Phi) is 8.08. The van der Waals surface area contributed by atoms with E-state index in [1.165, 1.54) is 0 Å². The number of hydrogen-bond donors (Lipinski definition) is 4. The first-order valence-corrected chi connectivity index (χ1v) is 5.65. The number of nitrogens with zero attached hydrogens (tertiary/aromatic N) is 1. The molecule has 100 valence electrons. The zero-order chi connectivity index (χ0) is 13.3. The number of hydrogen-bond acceptors (Lipinski definition) is 4. The molecule has 1 atom stereocenters. The Hall–Kier alpha value is -1.34. The molecule has 0 rings (SSSR count). The maximum Gasteiger partial charge on any atom is 0.328 e. The normalized spacial score (nSPS) is 12.2. The monoisotopic (exact) mass is 247 g/mol. The molecule has 0 radical (unpaired) electrons. The number of aliphatic hydroxyl groups is 1. The number of likely N-dealkylation sites (N-methyl/N-ethyl adjacent to an activating group) is 1. The minimum absolute atomic E-state index is 0.436. The predicted octanol–water partition coefficient (Wildman–Crippen LogP) is -0.927. The maximum atomic E-state index is 11.3. The van der Waals surface area contributed by atoms with Gasteiger partial charge in [-0.2, -0.15) is 0 Å². The predicted molar refractivity (Wildman–Crippen MR) is 62.8 cm³/mol. The van der Waals surface area contributed by atoms with Gasteiger partial charge in [0.25, 0.3) is 0 Å². The van der Waals surface area contributed by atoms with Crippen molar-refractivity contribution in [1.82, 2.24) is 15.5 Å². The van der Waals surface area contributed by atoms with Gasteiger partial charge in [-0.3, -0.25) is 0 Å². The van der Waals surface area contributed by atoms with Crippen LogP contribution in [0.1, 0.15) is 13.8 Å². The summed E-state index contributed by atoms with van der Waals surface area (Å²) < 4.78 is 0. The SMILES string of the molecule is CCN(CC)CCNC(=O)N[C@@H](CO)C(=O)O. The molecule has 0 aliphatic heterocycles. The number of rotatable bonds is 8. The summed E-state index contributed by atoms with van der Waals surface area (Å²) in [6.45, 7) is 6.36. The number of aliphatic carboxylic acids is 1. The first-order valence-electron chi connectivity index (χ1n) is 5.65. The molecule has 0 fully saturated rings. The highest BCUT2D eigenvalue weighted by atomic mass is 16.4. The second kappa shape index (κ2) is 8.77. The Morgan fingerprint density at radius 1 is 1.29 bits per heavy atom. The molecule has 0 aliphatic rings. The fourth-order valence-corrected chi connectivity index (χ4v) is 1.26. The van der Waals surface area contributed by atoms with Crippen molar-refractivity contribution in [3.05, 3.63) is 0 Å². The third kappa shape index (κ3) is 6.75. The van der Waals surface area contributed by atoms with Crippen LogP contribution in [0.2, 0.25) is 0 Å². The van der Waals surface area contributed by atoms with E-state index in [1.807, 2.05) is 13.8 Å². The number of carboxylic acids is 1. The summed E-state index contributed by atoms with van der Waals surface area (Å²) in [4.78, 5) is 23.9. The van der Waals surface area contributed by atoms with Crippen LogP contribution in [0, 0.1) is 0 Å². The molecule has 0 saturated carbocycles. The lowest BCUT2D eigenvalue weighted by atomic mass is 10.3. The van der Waals surface area contributed by atoms with Crippen molar-refractivity contribution in [1.29, 1.82) is 0 Å². The van der Waals surface area contributed by atoms with Crippen LogP contribution in [-0.4, -0.2) is 65.9 Å². The molecule has 2 amide bonds. The highest BCUT2D eigenvalue weighted by molar-refractivity contribution is 5.82. The molecule has 0 aromatic rings. The zero-order valence-corrected chi connectivity index (χ0v) is 10.3. The fourth-order valence-electron chi connectivity index (χ4n) is 1.26. The van der Waals surface area contributed by atoms with Crippen LogP contribution in [0.4, 0.5) is 4.79 Å². The quantitative estimate of drug-likeness (QED) is 0.444. The molecule has 0 aliphatic carbocycles. The Morgan fingerprint density at radius 2 is 1.88 bits per heavy atom. The van der Waals surface area contributed by atoms with E-state index in [9.17, 15) is 9.59 Å². The van der Waals surface area contributed by atoms with E-state index < -0.39 is 24.6 Å². The van der Waals surface area contributed by atoms with Crippen LogP contribution in [0.5, 0.6) is 0 Å². The van der Waals surface area contributed by atoms with E-state index >= 15 is 0 Å². The van der Waals surface area contributed by atoms with Gasteiger partial charge < -0.3 is 25.7 Å². The first kappa shape index (κ1) is 15.7. The van der Waals surface area contributed by atoms with Gasteiger partial charge in [0, 0.05) is 13.1 Å². The van der Waals surface area contributed by atoms with Gasteiger partial charge >= 0.3 is 12.0 Å². The Balaban J connectivity index is 3.83. The minimum atomic E-state index is -1.26. The van der Waals surface area contributed by atoms with E-state index in [2.05, 4.69) is 15.5 Å². The van der Waals surface area contributed by atoms with Crippen LogP contribution < -0.4 is 10.6 Å². The van der Waals surface area contributed by atoms with E-state index in [4.69, 9.17) is 10.2 Å². The number of carboxylic acid groups (broad SMARTS) is 1. The van der Waals surface area contributed by atoms with E-state index in [0.717, 1.165) is 13.1 Å². The number of urea groups is 1. The van der Waals surface area contributed by atoms with Crippen molar-refractivity contribution in [3.63, 3.8) is 0 Å². The summed E-state index contributed by atoms with van der Waals surface area (Å²) in [5.41, 5.74) is 0. The van der Waals surface area contributed by atoms with Gasteiger partial charge in [0.05, 0.1) is 6.61 Å². The average Bonchev–Trinajstić information content (AvgIpc) is 2.31. The van der Waals surface area contributed by atoms with E-state index in [1.54, 1.807) is 0 Å². The lowest BCUT2D eigenvalue weighted by Gasteiger charge is -2.18. The number of aliphatic hydroxyl groups excluding tert-OH is 1. The molecule has 0 unspecified atom stereocenters. The lowest BCUT2D eigenvalue weighted by Crippen LogP contribution is -2.49. The van der Waals surface area contributed by atoms with Crippen molar-refractivity contribution >= 4 is 12.0 Å². The maximum absolute atomic E-state index is 11.3. The molecule has 0 aromatic carbocycles. The molecular weight excluding hydrogens is 226 g/mol. The number of carbonyl (C=O) groups is 2. The minimum Gasteiger partial charge on any atom is -0.480 e. The Bertz CT molecular complexity index is 244. The summed E-state index contributed by atoms with van der Waals surface area (Å²) in [6, 6.07) is -1.85. The molecule has 0 aromatic heterocycles. The summed E-state index contributed by atoms with van der Waals surface area (Å²) in [5.74, 6) is -1.26. The first-order chi connectivity index (χ1) is 8.04. The summed E-state index contributed by atoms with van der Waals surface area (Å²) in [6.07, 6.45) is 0. The standard InChI is InChI=1S/C10H21N3O4/c1-3-13(4-2)6-5-11-10(17)12-8(7-14)9(15)16/h8,14H,3-7H2,1-2H3,(H,15,16)(H2,11,12,17)/t8-/m0/s1. The van der Waals surface area contributed by atoms with Crippen molar-refractivity contribution in [2.24, 2.45) is 0 Å². The Morgan fingerprint density at radius 3 is 2.29 bits per heavy atom. The number of nitrogens with one attached hydrogen (secondary N) is 2. The van der Waals surface area contributed by atoms with Crippen molar-refractivity contribution in [2.75, 3.05) is 32.8 Å². The van der Waals surface area contributed by atoms with Gasteiger partial charge in [0.15, 0.2) is 6.04 Å². The van der Waals surface area contributed by atoms with Gasteiger partial charge in [-0.05, 0) is 13.1 Å². The molecule has 4 N–H and O–H groups in total. The van der Waals surface area contributed by atoms with Crippen molar-refractivity contribution < 1.29 is 19.8 Å². The van der Waals surface area contributed by atoms with Gasteiger partial charge in [-0.25, -0.2) is 9.59 Å².